The standard InChI is InChI=1S/C30H31ClF3N3O6S2/c1-36-24(18-8-4-2-5-9-18)17-37(19-10-6-3-7-11-19)23-15-21(31)20(14-26(23)45(36,41)42)25-16-22(27(44-25)28(38)39)35-29(40)43-13-12-30(32,33)34/h3,6-7,10-11,14-16,18,24H,2,4-5,8-9,12-13,17H2,1H3,(H,35,40)(H,38,39)/t24-/m0/s1. The Labute approximate surface area is 267 Å². The Kier molecular flexibility index (Phi) is 9.68. The maximum atomic E-state index is 14.3. The molecule has 1 amide bonds. The van der Waals surface area contributed by atoms with Gasteiger partial charge in [0.2, 0.25) is 10.0 Å². The van der Waals surface area contributed by atoms with Crippen LogP contribution in [0.1, 0.15) is 48.2 Å². The Morgan fingerprint density at radius 1 is 1.11 bits per heavy atom. The fraction of sp³-hybridized carbons (Fsp3) is 0.400. The molecule has 0 unspecified atom stereocenters. The van der Waals surface area contributed by atoms with Gasteiger partial charge >= 0.3 is 18.2 Å². The number of ether oxygens (including phenoxy) is 1. The molecule has 0 bridgehead atoms. The van der Waals surface area contributed by atoms with Crippen molar-refractivity contribution >= 4 is 62.1 Å². The average molecular weight is 686 g/mol. The molecule has 0 saturated heterocycles. The summed E-state index contributed by atoms with van der Waals surface area (Å²) in [6.45, 7) is -0.545. The normalized spacial score (nSPS) is 19.0. The smallest absolute Gasteiger partial charge is 0.411 e. The second-order valence-corrected chi connectivity index (χ2v) is 14.4. The number of carboxylic acids is 1. The highest BCUT2D eigenvalue weighted by molar-refractivity contribution is 7.89. The predicted molar refractivity (Wildman–Crippen MR) is 166 cm³/mol. The van der Waals surface area contributed by atoms with E-state index in [4.69, 9.17) is 11.6 Å². The van der Waals surface area contributed by atoms with Crippen molar-refractivity contribution < 1.29 is 41.0 Å². The molecule has 15 heteroatoms. The van der Waals surface area contributed by atoms with E-state index in [1.54, 1.807) is 13.1 Å². The minimum Gasteiger partial charge on any atom is -0.477 e. The van der Waals surface area contributed by atoms with Gasteiger partial charge in [-0.2, -0.15) is 17.5 Å². The van der Waals surface area contributed by atoms with Crippen LogP contribution in [0.25, 0.3) is 10.4 Å². The maximum Gasteiger partial charge on any atom is 0.411 e. The van der Waals surface area contributed by atoms with Gasteiger partial charge in [0, 0.05) is 35.8 Å². The van der Waals surface area contributed by atoms with E-state index in [2.05, 4.69) is 10.1 Å². The van der Waals surface area contributed by atoms with Crippen molar-refractivity contribution in [2.75, 3.05) is 30.4 Å². The van der Waals surface area contributed by atoms with E-state index >= 15 is 0 Å². The van der Waals surface area contributed by atoms with E-state index in [1.165, 1.54) is 16.4 Å². The zero-order chi connectivity index (χ0) is 32.5. The van der Waals surface area contributed by atoms with Crippen LogP contribution in [0.2, 0.25) is 5.02 Å². The SMILES string of the molecule is CN1[C@H](C2CCCCC2)CN(c2ccccc2)c2cc(Cl)c(-c3cc(NC(=O)OCCC(F)(F)F)c(C(=O)O)s3)cc2S1(=O)=O. The summed E-state index contributed by atoms with van der Waals surface area (Å²) in [7, 11) is -2.48. The molecular weight excluding hydrogens is 655 g/mol. The average Bonchev–Trinajstić information content (AvgIpc) is 3.38. The molecule has 0 radical (unpaired) electrons. The highest BCUT2D eigenvalue weighted by Gasteiger charge is 2.41. The molecule has 9 nitrogen and oxygen atoms in total. The summed E-state index contributed by atoms with van der Waals surface area (Å²) in [5, 5.41) is 12.1. The molecule has 242 valence electrons. The fourth-order valence-corrected chi connectivity index (χ4v) is 8.79. The number of halogens is 4. The molecular formula is C30H31ClF3N3O6S2. The molecule has 1 aromatic heterocycles. The van der Waals surface area contributed by atoms with Crippen LogP contribution < -0.4 is 10.2 Å². The van der Waals surface area contributed by atoms with Gasteiger partial charge in [-0.15, -0.1) is 11.3 Å². The predicted octanol–water partition coefficient (Wildman–Crippen LogP) is 7.99. The molecule has 1 atom stereocenters. The van der Waals surface area contributed by atoms with Gasteiger partial charge in [-0.05, 0) is 49.1 Å². The summed E-state index contributed by atoms with van der Waals surface area (Å²) in [6, 6.07) is 13.3. The van der Waals surface area contributed by atoms with E-state index in [1.807, 2.05) is 35.2 Å². The first-order valence-corrected chi connectivity index (χ1v) is 16.9. The number of alkyl halides is 3. The van der Waals surface area contributed by atoms with Crippen LogP contribution in [-0.2, 0) is 14.8 Å². The Balaban J connectivity index is 1.56. The number of hydrogen-bond acceptors (Lipinski definition) is 7. The maximum absolute atomic E-state index is 14.3. The van der Waals surface area contributed by atoms with Gasteiger partial charge in [-0.1, -0.05) is 49.1 Å². The molecule has 2 N–H and O–H groups in total. The number of nitrogens with one attached hydrogen (secondary N) is 1. The molecule has 3 aromatic rings. The fourth-order valence-electron chi connectivity index (χ4n) is 5.88. The van der Waals surface area contributed by atoms with Crippen LogP contribution in [0.5, 0.6) is 0 Å². The number of fused-ring (bicyclic) bond motifs is 1. The Morgan fingerprint density at radius 3 is 2.44 bits per heavy atom. The van der Waals surface area contributed by atoms with Gasteiger partial charge in [0.05, 0.1) is 22.8 Å². The number of para-hydroxylation sites is 1. The lowest BCUT2D eigenvalue weighted by Crippen LogP contribution is -2.46. The molecule has 1 aliphatic heterocycles. The number of thiophene rings is 1. The van der Waals surface area contributed by atoms with E-state index in [-0.39, 0.29) is 42.9 Å². The van der Waals surface area contributed by atoms with Crippen molar-refractivity contribution in [3.63, 3.8) is 0 Å². The number of carboxylic acid groups (broad SMARTS) is 1. The van der Waals surface area contributed by atoms with Gasteiger partial charge in [-0.25, -0.2) is 18.0 Å². The number of sulfonamides is 1. The molecule has 45 heavy (non-hydrogen) atoms. The number of anilines is 3. The van der Waals surface area contributed by atoms with Gasteiger partial charge in [0.15, 0.2) is 0 Å². The van der Waals surface area contributed by atoms with Crippen LogP contribution in [-0.4, -0.2) is 62.3 Å². The first kappa shape index (κ1) is 33.0. The molecule has 2 aromatic carbocycles. The third-order valence-corrected chi connectivity index (χ3v) is 11.5. The first-order chi connectivity index (χ1) is 21.3. The summed E-state index contributed by atoms with van der Waals surface area (Å²) in [5.41, 5.74) is 1.15. The summed E-state index contributed by atoms with van der Waals surface area (Å²) < 4.78 is 71.8. The summed E-state index contributed by atoms with van der Waals surface area (Å²) >= 11 is 7.51. The van der Waals surface area contributed by atoms with Crippen molar-refractivity contribution in [3.05, 3.63) is 58.4 Å². The number of benzene rings is 2. The van der Waals surface area contributed by atoms with Crippen LogP contribution in [0, 0.1) is 5.92 Å². The number of aromatic carboxylic acids is 1. The minimum atomic E-state index is -4.54. The van der Waals surface area contributed by atoms with E-state index in [0.29, 0.717) is 12.2 Å². The second-order valence-electron chi connectivity index (χ2n) is 11.0. The van der Waals surface area contributed by atoms with E-state index < -0.39 is 41.3 Å². The van der Waals surface area contributed by atoms with Crippen LogP contribution in [0.4, 0.5) is 35.0 Å². The molecule has 2 aliphatic rings. The summed E-state index contributed by atoms with van der Waals surface area (Å²) in [4.78, 5) is 26.0. The van der Waals surface area contributed by atoms with E-state index in [9.17, 15) is 36.3 Å². The molecule has 1 saturated carbocycles. The van der Waals surface area contributed by atoms with E-state index in [0.717, 1.165) is 49.1 Å². The number of likely N-dealkylation sites (N-methyl/N-ethyl adjacent to an activating group) is 1. The van der Waals surface area contributed by atoms with Crippen molar-refractivity contribution in [1.82, 2.24) is 4.31 Å². The molecule has 5 rings (SSSR count). The Hall–Kier alpha value is -3.33. The van der Waals surface area contributed by atoms with Gasteiger partial charge in [0.25, 0.3) is 0 Å². The van der Waals surface area contributed by atoms with Crippen molar-refractivity contribution in [1.29, 1.82) is 0 Å². The van der Waals surface area contributed by atoms with Crippen LogP contribution in [0.15, 0.2) is 53.4 Å². The minimum absolute atomic E-state index is 0.0158. The second kappa shape index (κ2) is 13.2. The third kappa shape index (κ3) is 7.24. The summed E-state index contributed by atoms with van der Waals surface area (Å²) in [6.07, 6.45) is -2.17. The lowest BCUT2D eigenvalue weighted by Gasteiger charge is -2.36. The summed E-state index contributed by atoms with van der Waals surface area (Å²) in [5.74, 6) is -1.26. The number of carbonyl (C=O) groups excluding carboxylic acids is 1. The zero-order valence-electron chi connectivity index (χ0n) is 24.1. The lowest BCUT2D eigenvalue weighted by atomic mass is 9.83. The largest absolute Gasteiger partial charge is 0.477 e. The lowest BCUT2D eigenvalue weighted by molar-refractivity contribution is -0.140. The number of amides is 1. The third-order valence-electron chi connectivity index (χ3n) is 8.14. The number of hydrogen-bond donors (Lipinski definition) is 2. The van der Waals surface area contributed by atoms with Crippen molar-refractivity contribution in [2.24, 2.45) is 5.92 Å². The van der Waals surface area contributed by atoms with Gasteiger partial charge in [0.1, 0.15) is 16.4 Å². The number of rotatable bonds is 7. The zero-order valence-corrected chi connectivity index (χ0v) is 26.5. The monoisotopic (exact) mass is 685 g/mol. The van der Waals surface area contributed by atoms with Gasteiger partial charge < -0.3 is 14.7 Å². The molecule has 1 aliphatic carbocycles. The number of carbonyl (C=O) groups is 2. The number of nitrogens with zero attached hydrogens (tertiary/aromatic N) is 2. The first-order valence-electron chi connectivity index (χ1n) is 14.3. The highest BCUT2D eigenvalue weighted by atomic mass is 35.5. The topological polar surface area (TPSA) is 116 Å². The van der Waals surface area contributed by atoms with Gasteiger partial charge in [-0.3, -0.25) is 5.32 Å². The molecule has 1 fully saturated rings. The van der Waals surface area contributed by atoms with Crippen molar-refractivity contribution in [3.8, 4) is 10.4 Å². The Morgan fingerprint density at radius 2 is 1.80 bits per heavy atom. The molecule has 0 spiro atoms. The molecule has 2 heterocycles. The van der Waals surface area contributed by atoms with Crippen LogP contribution in [0.3, 0.4) is 0 Å². The Bertz CT molecular complexity index is 1680. The highest BCUT2D eigenvalue weighted by Crippen LogP contribution is 2.46. The quantitative estimate of drug-likeness (QED) is 0.259. The van der Waals surface area contributed by atoms with Crippen molar-refractivity contribution in [2.45, 2.75) is 55.6 Å². The van der Waals surface area contributed by atoms with Crippen LogP contribution >= 0.6 is 22.9 Å².